The third-order valence-electron chi connectivity index (χ3n) is 8.13. The fourth-order valence-corrected chi connectivity index (χ4v) is 5.35. The molecule has 0 radical (unpaired) electrons. The van der Waals surface area contributed by atoms with Gasteiger partial charge in [-0.1, -0.05) is 62.6 Å². The van der Waals surface area contributed by atoms with Crippen LogP contribution >= 0.6 is 0 Å². The van der Waals surface area contributed by atoms with Crippen LogP contribution in [0.1, 0.15) is 81.2 Å². The summed E-state index contributed by atoms with van der Waals surface area (Å²) in [6.45, 7) is 17.8. The van der Waals surface area contributed by atoms with Crippen LogP contribution in [0, 0.1) is 25.7 Å². The Bertz CT molecular complexity index is 1190. The lowest BCUT2D eigenvalue weighted by atomic mass is 9.68. The Labute approximate surface area is 217 Å². The van der Waals surface area contributed by atoms with Crippen LogP contribution in [0.4, 0.5) is 0 Å². The number of aryl methyl sites for hydroxylation is 2. The molecule has 36 heavy (non-hydrogen) atoms. The molecule has 1 N–H and O–H groups in total. The molecule has 190 valence electrons. The van der Waals surface area contributed by atoms with Gasteiger partial charge >= 0.3 is 7.12 Å². The highest BCUT2D eigenvalue weighted by Crippen LogP contribution is 2.40. The summed E-state index contributed by atoms with van der Waals surface area (Å²) in [5.74, 6) is 7.03. The standard InChI is InChI=1S/C31H39BO4/c1-8-31(9-2,27-12-13-28(23(4)21-27)32-35-24(5)29(6,7)36-32)26-11-10-25(22(3)20-26)14-15-30(33)16-18-34-19-17-30/h10-13,20-21,33H,5,8-9,16-19H2,1-4,6-7H3. The zero-order valence-corrected chi connectivity index (χ0v) is 22.7. The monoisotopic (exact) mass is 486 g/mol. The number of ether oxygens (including phenoxy) is 1. The summed E-state index contributed by atoms with van der Waals surface area (Å²) in [4.78, 5) is 0. The molecule has 0 saturated carbocycles. The molecule has 2 saturated heterocycles. The van der Waals surface area contributed by atoms with Gasteiger partial charge in [0.05, 0.1) is 19.0 Å². The lowest BCUT2D eigenvalue weighted by Crippen LogP contribution is -2.37. The number of aliphatic hydroxyl groups is 1. The predicted octanol–water partition coefficient (Wildman–Crippen LogP) is 5.34. The summed E-state index contributed by atoms with van der Waals surface area (Å²) in [5.41, 5.74) is 5.31. The molecule has 5 heteroatoms. The van der Waals surface area contributed by atoms with Gasteiger partial charge in [0.1, 0.15) is 11.2 Å². The smallest absolute Gasteiger partial charge is 0.534 e. The van der Waals surface area contributed by atoms with Crippen molar-refractivity contribution in [2.75, 3.05) is 13.2 Å². The van der Waals surface area contributed by atoms with Gasteiger partial charge < -0.3 is 19.2 Å². The van der Waals surface area contributed by atoms with Crippen molar-refractivity contribution in [1.82, 2.24) is 0 Å². The Balaban J connectivity index is 1.65. The molecule has 2 aliphatic heterocycles. The average molecular weight is 486 g/mol. The maximum absolute atomic E-state index is 10.7. The molecule has 0 bridgehead atoms. The first-order chi connectivity index (χ1) is 17.0. The highest BCUT2D eigenvalue weighted by molar-refractivity contribution is 6.62. The quantitative estimate of drug-likeness (QED) is 0.458. The van der Waals surface area contributed by atoms with E-state index in [4.69, 9.17) is 14.0 Å². The van der Waals surface area contributed by atoms with E-state index in [1.54, 1.807) is 0 Å². The van der Waals surface area contributed by atoms with E-state index < -0.39 is 18.3 Å². The van der Waals surface area contributed by atoms with Gasteiger partial charge in [0.15, 0.2) is 0 Å². The first kappa shape index (κ1) is 26.5. The molecule has 2 aromatic carbocycles. The van der Waals surface area contributed by atoms with Crippen LogP contribution in [0.25, 0.3) is 0 Å². The second kappa shape index (κ2) is 10.1. The van der Waals surface area contributed by atoms with Gasteiger partial charge in [-0.15, -0.1) is 0 Å². The Morgan fingerprint density at radius 2 is 1.61 bits per heavy atom. The van der Waals surface area contributed by atoms with Crippen LogP contribution in [-0.2, 0) is 19.5 Å². The van der Waals surface area contributed by atoms with E-state index in [9.17, 15) is 5.11 Å². The molecule has 2 aromatic rings. The average Bonchev–Trinajstić information content (AvgIpc) is 3.12. The number of benzene rings is 2. The van der Waals surface area contributed by atoms with E-state index >= 15 is 0 Å². The van der Waals surface area contributed by atoms with E-state index in [0.29, 0.717) is 31.8 Å². The molecule has 0 unspecified atom stereocenters. The summed E-state index contributed by atoms with van der Waals surface area (Å²) in [5, 5.41) is 10.7. The van der Waals surface area contributed by atoms with Crippen molar-refractivity contribution in [1.29, 1.82) is 0 Å². The lowest BCUT2D eigenvalue weighted by Gasteiger charge is -2.34. The minimum atomic E-state index is -0.951. The van der Waals surface area contributed by atoms with Crippen molar-refractivity contribution >= 4 is 12.6 Å². The van der Waals surface area contributed by atoms with Crippen LogP contribution in [0.2, 0.25) is 0 Å². The normalized spacial score (nSPS) is 19.0. The van der Waals surface area contributed by atoms with Crippen molar-refractivity contribution < 1.29 is 19.2 Å². The second-order valence-electron chi connectivity index (χ2n) is 10.8. The highest BCUT2D eigenvalue weighted by Gasteiger charge is 2.43. The molecule has 4 nitrogen and oxygen atoms in total. The minimum Gasteiger partial charge on any atom is -0.534 e. The number of rotatable bonds is 5. The van der Waals surface area contributed by atoms with Crippen LogP contribution in [0.5, 0.6) is 0 Å². The summed E-state index contributed by atoms with van der Waals surface area (Å²) < 4.78 is 17.5. The van der Waals surface area contributed by atoms with E-state index in [-0.39, 0.29) is 5.41 Å². The summed E-state index contributed by atoms with van der Waals surface area (Å²) >= 11 is 0. The maximum atomic E-state index is 10.7. The topological polar surface area (TPSA) is 47.9 Å². The van der Waals surface area contributed by atoms with Crippen LogP contribution < -0.4 is 5.46 Å². The van der Waals surface area contributed by atoms with Crippen LogP contribution in [0.15, 0.2) is 48.7 Å². The predicted molar refractivity (Wildman–Crippen MR) is 146 cm³/mol. The first-order valence-corrected chi connectivity index (χ1v) is 13.1. The Hall–Kier alpha value is -2.52. The van der Waals surface area contributed by atoms with Gasteiger partial charge in [-0.2, -0.15) is 0 Å². The fraction of sp³-hybridized carbons (Fsp3) is 0.484. The van der Waals surface area contributed by atoms with Crippen molar-refractivity contribution in [3.05, 3.63) is 76.6 Å². The number of hydrogen-bond donors (Lipinski definition) is 1. The fourth-order valence-electron chi connectivity index (χ4n) is 5.35. The summed E-state index contributed by atoms with van der Waals surface area (Å²) in [6.07, 6.45) is 3.08. The zero-order valence-electron chi connectivity index (χ0n) is 22.7. The van der Waals surface area contributed by atoms with Gasteiger partial charge in [0.25, 0.3) is 0 Å². The zero-order chi connectivity index (χ0) is 26.1. The largest absolute Gasteiger partial charge is 0.563 e. The molecule has 4 rings (SSSR count). The molecule has 0 spiro atoms. The lowest BCUT2D eigenvalue weighted by molar-refractivity contribution is -0.0261. The van der Waals surface area contributed by atoms with Gasteiger partial charge in [0, 0.05) is 23.8 Å². The van der Waals surface area contributed by atoms with Gasteiger partial charge in [-0.3, -0.25) is 0 Å². The molecular weight excluding hydrogens is 447 g/mol. The van der Waals surface area contributed by atoms with Crippen molar-refractivity contribution in [2.45, 2.75) is 83.8 Å². The van der Waals surface area contributed by atoms with Crippen LogP contribution in [0.3, 0.4) is 0 Å². The molecule has 0 aliphatic carbocycles. The third-order valence-corrected chi connectivity index (χ3v) is 8.13. The maximum Gasteiger partial charge on any atom is 0.563 e. The third kappa shape index (κ3) is 5.00. The Morgan fingerprint density at radius 1 is 1.00 bits per heavy atom. The molecule has 0 amide bonds. The van der Waals surface area contributed by atoms with E-state index in [2.05, 4.69) is 82.5 Å². The molecule has 2 fully saturated rings. The Morgan fingerprint density at radius 3 is 2.14 bits per heavy atom. The minimum absolute atomic E-state index is 0.112. The van der Waals surface area contributed by atoms with Gasteiger partial charge in [0.2, 0.25) is 0 Å². The van der Waals surface area contributed by atoms with Gasteiger partial charge in [-0.05, 0) is 74.3 Å². The van der Waals surface area contributed by atoms with Gasteiger partial charge in [-0.25, -0.2) is 0 Å². The van der Waals surface area contributed by atoms with Crippen molar-refractivity contribution in [3.8, 4) is 11.8 Å². The molecule has 0 aromatic heterocycles. The summed E-state index contributed by atoms with van der Waals surface area (Å²) in [7, 11) is -0.426. The number of hydrogen-bond acceptors (Lipinski definition) is 4. The Kier molecular flexibility index (Phi) is 7.44. The molecule has 2 aliphatic rings. The van der Waals surface area contributed by atoms with Crippen LogP contribution in [-0.4, -0.2) is 36.6 Å². The molecular formula is C31H39BO4. The van der Waals surface area contributed by atoms with E-state index in [1.807, 2.05) is 13.8 Å². The second-order valence-corrected chi connectivity index (χ2v) is 10.8. The van der Waals surface area contributed by atoms with E-state index in [0.717, 1.165) is 35.0 Å². The summed E-state index contributed by atoms with van der Waals surface area (Å²) in [6, 6.07) is 13.2. The SMILES string of the molecule is C=C1OB(c2ccc(C(CC)(CC)c3ccc(C#CC4(O)CCOCC4)c(C)c3)cc2C)OC1(C)C. The molecule has 0 atom stereocenters. The highest BCUT2D eigenvalue weighted by atomic mass is 16.7. The molecule has 2 heterocycles. The first-order valence-electron chi connectivity index (χ1n) is 13.1. The van der Waals surface area contributed by atoms with Crippen molar-refractivity contribution in [2.24, 2.45) is 0 Å². The van der Waals surface area contributed by atoms with E-state index in [1.165, 1.54) is 11.1 Å². The van der Waals surface area contributed by atoms with Crippen molar-refractivity contribution in [3.63, 3.8) is 0 Å².